The first-order valence-electron chi connectivity index (χ1n) is 4.95. The van der Waals surface area contributed by atoms with E-state index in [0.717, 1.165) is 0 Å². The van der Waals surface area contributed by atoms with Crippen LogP contribution in [0.4, 0.5) is 0 Å². The normalized spacial score (nSPS) is 15.7. The third-order valence-corrected chi connectivity index (χ3v) is 2.51. The number of rotatable bonds is 6. The molecule has 0 spiro atoms. The molecular formula is C11H12O7. The van der Waals surface area contributed by atoms with E-state index in [0.29, 0.717) is 5.56 Å². The predicted molar refractivity (Wildman–Crippen MR) is 57.9 cm³/mol. The molecule has 2 atom stereocenters. The average molecular weight is 256 g/mol. The van der Waals surface area contributed by atoms with Crippen LogP contribution in [0.1, 0.15) is 5.56 Å². The molecule has 0 heterocycles. The Morgan fingerprint density at radius 3 is 2.17 bits per heavy atom. The van der Waals surface area contributed by atoms with Crippen LogP contribution in [-0.2, 0) is 20.9 Å². The summed E-state index contributed by atoms with van der Waals surface area (Å²) in [5.74, 6) is -3.58. The second-order valence-electron chi connectivity index (χ2n) is 3.69. The SMILES string of the molecule is O=C(O)C(O)C(Cc1ccccc1)(OO)C(=O)O. The van der Waals surface area contributed by atoms with Gasteiger partial charge in [-0.25, -0.2) is 14.5 Å². The summed E-state index contributed by atoms with van der Waals surface area (Å²) in [5, 5.41) is 35.8. The molecule has 1 aromatic carbocycles. The highest BCUT2D eigenvalue weighted by atomic mass is 17.1. The van der Waals surface area contributed by atoms with Gasteiger partial charge in [0.05, 0.1) is 0 Å². The Balaban J connectivity index is 3.12. The summed E-state index contributed by atoms with van der Waals surface area (Å²) in [5.41, 5.74) is -2.25. The van der Waals surface area contributed by atoms with Crippen LogP contribution in [-0.4, -0.2) is 44.2 Å². The van der Waals surface area contributed by atoms with Crippen LogP contribution >= 0.6 is 0 Å². The topological polar surface area (TPSA) is 124 Å². The van der Waals surface area contributed by atoms with Crippen molar-refractivity contribution in [2.45, 2.75) is 18.1 Å². The van der Waals surface area contributed by atoms with E-state index in [1.54, 1.807) is 18.2 Å². The number of hydrogen-bond acceptors (Lipinski definition) is 5. The third-order valence-electron chi connectivity index (χ3n) is 2.51. The lowest BCUT2D eigenvalue weighted by Crippen LogP contribution is -2.56. The lowest BCUT2D eigenvalue weighted by molar-refractivity contribution is -0.334. The molecule has 0 aliphatic heterocycles. The summed E-state index contributed by atoms with van der Waals surface area (Å²) < 4.78 is 0. The Morgan fingerprint density at radius 2 is 1.78 bits per heavy atom. The second kappa shape index (κ2) is 5.58. The molecule has 7 nitrogen and oxygen atoms in total. The molecule has 0 aliphatic carbocycles. The molecule has 0 saturated carbocycles. The molecule has 18 heavy (non-hydrogen) atoms. The Labute approximate surface area is 102 Å². The second-order valence-corrected chi connectivity index (χ2v) is 3.69. The molecule has 0 aliphatic rings. The summed E-state index contributed by atoms with van der Waals surface area (Å²) in [4.78, 5) is 25.6. The van der Waals surface area contributed by atoms with E-state index >= 15 is 0 Å². The zero-order valence-corrected chi connectivity index (χ0v) is 9.18. The lowest BCUT2D eigenvalue weighted by Gasteiger charge is -2.28. The van der Waals surface area contributed by atoms with Gasteiger partial charge in [0.25, 0.3) is 0 Å². The minimum Gasteiger partial charge on any atom is -0.479 e. The van der Waals surface area contributed by atoms with Gasteiger partial charge < -0.3 is 15.3 Å². The molecule has 1 rings (SSSR count). The zero-order chi connectivity index (χ0) is 13.8. The molecule has 7 heteroatoms. The molecule has 2 unspecified atom stereocenters. The summed E-state index contributed by atoms with van der Waals surface area (Å²) in [6.07, 6.45) is -2.90. The molecule has 0 amide bonds. The smallest absolute Gasteiger partial charge is 0.343 e. The minimum absolute atomic E-state index is 0.397. The lowest BCUT2D eigenvalue weighted by atomic mass is 9.89. The van der Waals surface area contributed by atoms with Crippen molar-refractivity contribution < 1.29 is 35.1 Å². The highest BCUT2D eigenvalue weighted by molar-refractivity contribution is 5.87. The van der Waals surface area contributed by atoms with Gasteiger partial charge in [-0.2, -0.15) is 0 Å². The van der Waals surface area contributed by atoms with Gasteiger partial charge in [-0.05, 0) is 5.56 Å². The number of carbonyl (C=O) groups is 2. The summed E-state index contributed by atoms with van der Waals surface area (Å²) in [7, 11) is 0. The van der Waals surface area contributed by atoms with Gasteiger partial charge in [0.15, 0.2) is 6.10 Å². The van der Waals surface area contributed by atoms with Gasteiger partial charge >= 0.3 is 11.9 Å². The standard InChI is InChI=1S/C11H12O7/c12-8(9(13)14)11(18-17,10(15)16)6-7-4-2-1-3-5-7/h1-5,8,12,17H,6H2,(H,13,14)(H,15,16). The maximum Gasteiger partial charge on any atom is 0.343 e. The van der Waals surface area contributed by atoms with Crippen LogP contribution in [0.2, 0.25) is 0 Å². The number of aliphatic hydroxyl groups is 1. The quantitative estimate of drug-likeness (QED) is 0.416. The van der Waals surface area contributed by atoms with Crippen LogP contribution in [0.15, 0.2) is 30.3 Å². The van der Waals surface area contributed by atoms with Crippen molar-refractivity contribution in [1.29, 1.82) is 0 Å². The Bertz CT molecular complexity index is 430. The van der Waals surface area contributed by atoms with E-state index in [1.165, 1.54) is 12.1 Å². The maximum absolute atomic E-state index is 11.1. The first-order valence-corrected chi connectivity index (χ1v) is 4.95. The van der Waals surface area contributed by atoms with E-state index in [2.05, 4.69) is 4.89 Å². The van der Waals surface area contributed by atoms with Crippen LogP contribution in [0.3, 0.4) is 0 Å². The van der Waals surface area contributed by atoms with Gasteiger partial charge in [0.2, 0.25) is 5.60 Å². The molecular weight excluding hydrogens is 244 g/mol. The summed E-state index contributed by atoms with van der Waals surface area (Å²) in [6.45, 7) is 0. The molecule has 0 aromatic heterocycles. The largest absolute Gasteiger partial charge is 0.479 e. The van der Waals surface area contributed by atoms with Crippen molar-refractivity contribution in [3.05, 3.63) is 35.9 Å². The van der Waals surface area contributed by atoms with Crippen molar-refractivity contribution in [2.75, 3.05) is 0 Å². The van der Waals surface area contributed by atoms with Crippen molar-refractivity contribution in [3.8, 4) is 0 Å². The molecule has 4 N–H and O–H groups in total. The van der Waals surface area contributed by atoms with Crippen molar-refractivity contribution >= 4 is 11.9 Å². The monoisotopic (exact) mass is 256 g/mol. The summed E-state index contributed by atoms with van der Waals surface area (Å²) in [6, 6.07) is 7.93. The first kappa shape index (κ1) is 14.1. The maximum atomic E-state index is 11.1. The molecule has 0 radical (unpaired) electrons. The van der Waals surface area contributed by atoms with E-state index in [-0.39, 0.29) is 0 Å². The molecule has 1 aromatic rings. The summed E-state index contributed by atoms with van der Waals surface area (Å²) >= 11 is 0. The van der Waals surface area contributed by atoms with Gasteiger partial charge in [-0.1, -0.05) is 30.3 Å². The molecule has 0 saturated heterocycles. The fourth-order valence-electron chi connectivity index (χ4n) is 1.51. The first-order chi connectivity index (χ1) is 8.44. The number of hydrogen-bond donors (Lipinski definition) is 4. The third kappa shape index (κ3) is 2.65. The Hall–Kier alpha value is -1.96. The highest BCUT2D eigenvalue weighted by Gasteiger charge is 2.51. The van der Waals surface area contributed by atoms with Crippen LogP contribution < -0.4 is 0 Å². The molecule has 0 fully saturated rings. The number of benzene rings is 1. The fourth-order valence-corrected chi connectivity index (χ4v) is 1.51. The van der Waals surface area contributed by atoms with Gasteiger partial charge in [-0.15, -0.1) is 0 Å². The van der Waals surface area contributed by atoms with Crippen molar-refractivity contribution in [2.24, 2.45) is 0 Å². The van der Waals surface area contributed by atoms with Crippen LogP contribution in [0.5, 0.6) is 0 Å². The highest BCUT2D eigenvalue weighted by Crippen LogP contribution is 2.22. The van der Waals surface area contributed by atoms with Crippen molar-refractivity contribution in [1.82, 2.24) is 0 Å². The van der Waals surface area contributed by atoms with Gasteiger partial charge in [-0.3, -0.25) is 5.26 Å². The van der Waals surface area contributed by atoms with Crippen LogP contribution in [0, 0.1) is 0 Å². The van der Waals surface area contributed by atoms with Crippen LogP contribution in [0.25, 0.3) is 0 Å². The number of aliphatic carboxylic acids is 2. The number of carboxylic acids is 2. The number of carboxylic acid groups (broad SMARTS) is 2. The Morgan fingerprint density at radius 1 is 1.22 bits per heavy atom. The number of aliphatic hydroxyl groups excluding tert-OH is 1. The van der Waals surface area contributed by atoms with Crippen molar-refractivity contribution in [3.63, 3.8) is 0 Å². The van der Waals surface area contributed by atoms with E-state index < -0.39 is 30.1 Å². The van der Waals surface area contributed by atoms with Gasteiger partial charge in [0.1, 0.15) is 0 Å². The van der Waals surface area contributed by atoms with E-state index in [4.69, 9.17) is 15.5 Å². The average Bonchev–Trinajstić information content (AvgIpc) is 2.36. The fraction of sp³-hybridized carbons (Fsp3) is 0.273. The van der Waals surface area contributed by atoms with Gasteiger partial charge in [0, 0.05) is 6.42 Å². The Kier molecular flexibility index (Phi) is 4.38. The van der Waals surface area contributed by atoms with E-state index in [9.17, 15) is 14.7 Å². The zero-order valence-electron chi connectivity index (χ0n) is 9.18. The molecule has 98 valence electrons. The molecule has 0 bridgehead atoms. The van der Waals surface area contributed by atoms with E-state index in [1.807, 2.05) is 0 Å². The minimum atomic E-state index is -2.65. The predicted octanol–water partition coefficient (Wildman–Crippen LogP) is -0.0124.